The summed E-state index contributed by atoms with van der Waals surface area (Å²) in [6.07, 6.45) is 0. The Bertz CT molecular complexity index is 1200. The number of benzene rings is 3. The van der Waals surface area contributed by atoms with Gasteiger partial charge in [0.15, 0.2) is 0 Å². The highest BCUT2D eigenvalue weighted by molar-refractivity contribution is 5.97. The van der Waals surface area contributed by atoms with Crippen molar-refractivity contribution in [3.05, 3.63) is 77.3 Å². The Kier molecular flexibility index (Phi) is 2.33. The van der Waals surface area contributed by atoms with Crippen LogP contribution in [-0.4, -0.2) is 9.97 Å². The van der Waals surface area contributed by atoms with Crippen LogP contribution in [0.2, 0.25) is 0 Å². The molecular weight excluding hydrogens is 284 g/mol. The highest BCUT2D eigenvalue weighted by Crippen LogP contribution is 2.20. The van der Waals surface area contributed by atoms with Gasteiger partial charge in [0, 0.05) is 0 Å². The zero-order valence-corrected chi connectivity index (χ0v) is 11.0. The van der Waals surface area contributed by atoms with Gasteiger partial charge in [-0.25, -0.2) is 9.97 Å². The second kappa shape index (κ2) is 4.11. The standard InChI is InChI=1S/C16H6N2O4/c19-13-11-12(14(20)16(22)15(13)21)18-10-6-8-4-2-1-3-7(8)5-9(10)17-11/h1-6H. The number of hydrogen-bond acceptors (Lipinski definition) is 6. The van der Waals surface area contributed by atoms with Gasteiger partial charge in [0.25, 0.3) is 21.7 Å². The van der Waals surface area contributed by atoms with Crippen LogP contribution in [0.1, 0.15) is 0 Å². The van der Waals surface area contributed by atoms with E-state index in [9.17, 15) is 19.2 Å². The lowest BCUT2D eigenvalue weighted by atomic mass is 10.1. The van der Waals surface area contributed by atoms with Gasteiger partial charge in [-0.1, -0.05) is 24.3 Å². The Labute approximate surface area is 121 Å². The van der Waals surface area contributed by atoms with Crippen LogP contribution in [0.15, 0.2) is 55.6 Å². The molecule has 0 aliphatic rings. The molecule has 22 heavy (non-hydrogen) atoms. The predicted octanol–water partition coefficient (Wildman–Crippen LogP) is 0.253. The number of nitrogens with zero attached hydrogens (tertiary/aromatic N) is 2. The summed E-state index contributed by atoms with van der Waals surface area (Å²) in [5.41, 5.74) is -4.79. The van der Waals surface area contributed by atoms with E-state index in [2.05, 4.69) is 9.97 Å². The van der Waals surface area contributed by atoms with Crippen LogP contribution < -0.4 is 21.7 Å². The van der Waals surface area contributed by atoms with Gasteiger partial charge in [-0.3, -0.25) is 19.2 Å². The van der Waals surface area contributed by atoms with Crippen LogP contribution in [-0.2, 0) is 0 Å². The average Bonchev–Trinajstić information content (AvgIpc) is 2.55. The Balaban J connectivity index is 2.32. The molecule has 1 heterocycles. The summed E-state index contributed by atoms with van der Waals surface area (Å²) < 4.78 is 0. The van der Waals surface area contributed by atoms with Crippen molar-refractivity contribution < 1.29 is 0 Å². The fourth-order valence-corrected chi connectivity index (χ4v) is 2.48. The lowest BCUT2D eigenvalue weighted by Crippen LogP contribution is -2.47. The molecule has 1 aromatic heterocycles. The van der Waals surface area contributed by atoms with Crippen molar-refractivity contribution in [2.24, 2.45) is 0 Å². The molecule has 0 aliphatic heterocycles. The molecule has 104 valence electrons. The van der Waals surface area contributed by atoms with E-state index in [1.807, 2.05) is 24.3 Å². The van der Waals surface area contributed by atoms with Gasteiger partial charge in [0.05, 0.1) is 11.0 Å². The van der Waals surface area contributed by atoms with Crippen molar-refractivity contribution in [2.45, 2.75) is 0 Å². The molecule has 0 atom stereocenters. The molecule has 0 N–H and O–H groups in total. The van der Waals surface area contributed by atoms with E-state index in [-0.39, 0.29) is 11.0 Å². The minimum atomic E-state index is -1.35. The molecule has 6 nitrogen and oxygen atoms in total. The van der Waals surface area contributed by atoms with Gasteiger partial charge in [0.2, 0.25) is 0 Å². The normalized spacial score (nSPS) is 11.5. The number of hydrogen-bond donors (Lipinski definition) is 0. The lowest BCUT2D eigenvalue weighted by molar-refractivity contribution is 1.30. The topological polar surface area (TPSA) is 94.1 Å². The first-order valence-electron chi connectivity index (χ1n) is 6.44. The summed E-state index contributed by atoms with van der Waals surface area (Å²) in [6.45, 7) is 0. The average molecular weight is 290 g/mol. The summed E-state index contributed by atoms with van der Waals surface area (Å²) in [5, 5.41) is 1.78. The Morgan fingerprint density at radius 3 is 1.41 bits per heavy atom. The van der Waals surface area contributed by atoms with Gasteiger partial charge < -0.3 is 0 Å². The molecule has 3 aromatic carbocycles. The number of aromatic nitrogens is 2. The Morgan fingerprint density at radius 2 is 1.00 bits per heavy atom. The van der Waals surface area contributed by atoms with Gasteiger partial charge in [-0.15, -0.1) is 0 Å². The highest BCUT2D eigenvalue weighted by atomic mass is 16.2. The molecule has 0 aliphatic carbocycles. The molecule has 4 rings (SSSR count). The van der Waals surface area contributed by atoms with Crippen LogP contribution >= 0.6 is 0 Å². The van der Waals surface area contributed by atoms with Crippen LogP contribution in [0, 0.1) is 0 Å². The molecular formula is C16H6N2O4. The van der Waals surface area contributed by atoms with Gasteiger partial charge in [-0.2, -0.15) is 0 Å². The molecule has 4 aromatic rings. The fraction of sp³-hybridized carbons (Fsp3) is 0. The Hall–Kier alpha value is -3.28. The third-order valence-electron chi connectivity index (χ3n) is 3.58. The summed E-state index contributed by atoms with van der Waals surface area (Å²) in [6, 6.07) is 10.9. The number of fused-ring (bicyclic) bond motifs is 3. The minimum Gasteiger partial charge on any atom is -0.283 e. The maximum Gasteiger partial charge on any atom is 0.279 e. The molecule has 0 fully saturated rings. The van der Waals surface area contributed by atoms with Crippen molar-refractivity contribution in [3.63, 3.8) is 0 Å². The van der Waals surface area contributed by atoms with Crippen LogP contribution in [0.25, 0.3) is 32.8 Å². The van der Waals surface area contributed by atoms with Crippen LogP contribution in [0.4, 0.5) is 0 Å². The van der Waals surface area contributed by atoms with E-state index in [0.29, 0.717) is 11.0 Å². The predicted molar refractivity (Wildman–Crippen MR) is 82.0 cm³/mol. The van der Waals surface area contributed by atoms with Gasteiger partial charge >= 0.3 is 0 Å². The first-order chi connectivity index (χ1) is 10.6. The first kappa shape index (κ1) is 12.5. The monoisotopic (exact) mass is 290 g/mol. The molecule has 0 saturated carbocycles. The first-order valence-corrected chi connectivity index (χ1v) is 6.44. The van der Waals surface area contributed by atoms with Crippen LogP contribution in [0.3, 0.4) is 0 Å². The van der Waals surface area contributed by atoms with Gasteiger partial charge in [0.1, 0.15) is 11.0 Å². The third-order valence-corrected chi connectivity index (χ3v) is 3.58. The van der Waals surface area contributed by atoms with Crippen molar-refractivity contribution in [1.29, 1.82) is 0 Å². The number of rotatable bonds is 0. The van der Waals surface area contributed by atoms with Crippen LogP contribution in [0.5, 0.6) is 0 Å². The van der Waals surface area contributed by atoms with Crippen molar-refractivity contribution in [1.82, 2.24) is 9.97 Å². The van der Waals surface area contributed by atoms with E-state index < -0.39 is 21.7 Å². The summed E-state index contributed by atoms with van der Waals surface area (Å²) in [4.78, 5) is 54.8. The smallest absolute Gasteiger partial charge is 0.279 e. The zero-order chi connectivity index (χ0) is 15.4. The fourth-order valence-electron chi connectivity index (χ4n) is 2.48. The highest BCUT2D eigenvalue weighted by Gasteiger charge is 2.16. The second-order valence-electron chi connectivity index (χ2n) is 4.93. The molecule has 0 amide bonds. The summed E-state index contributed by atoms with van der Waals surface area (Å²) in [7, 11) is 0. The van der Waals surface area contributed by atoms with Crippen molar-refractivity contribution in [3.8, 4) is 0 Å². The summed E-state index contributed by atoms with van der Waals surface area (Å²) >= 11 is 0. The lowest BCUT2D eigenvalue weighted by Gasteiger charge is -2.02. The molecule has 0 spiro atoms. The van der Waals surface area contributed by atoms with Gasteiger partial charge in [-0.05, 0) is 22.9 Å². The maximum absolute atomic E-state index is 11.9. The zero-order valence-electron chi connectivity index (χ0n) is 11.0. The van der Waals surface area contributed by atoms with Crippen molar-refractivity contribution >= 4 is 32.8 Å². The van der Waals surface area contributed by atoms with Crippen molar-refractivity contribution in [2.75, 3.05) is 0 Å². The minimum absolute atomic E-state index is 0.350. The van der Waals surface area contributed by atoms with E-state index in [1.165, 1.54) is 0 Å². The molecule has 0 radical (unpaired) electrons. The summed E-state index contributed by atoms with van der Waals surface area (Å²) in [5.74, 6) is 0. The quantitative estimate of drug-likeness (QED) is 0.340. The van der Waals surface area contributed by atoms with E-state index in [4.69, 9.17) is 0 Å². The maximum atomic E-state index is 11.9. The third kappa shape index (κ3) is 1.54. The molecule has 0 bridgehead atoms. The van der Waals surface area contributed by atoms with E-state index in [0.717, 1.165) is 10.8 Å². The van der Waals surface area contributed by atoms with E-state index in [1.54, 1.807) is 12.1 Å². The molecule has 0 unspecified atom stereocenters. The SMILES string of the molecule is O=c1c(=O)c(=O)c2nc3cc4ccccc4cc3nc2c1=O. The molecule has 0 saturated heterocycles. The largest absolute Gasteiger partial charge is 0.283 e. The van der Waals surface area contributed by atoms with E-state index >= 15 is 0 Å². The molecule has 6 heteroatoms. The second-order valence-corrected chi connectivity index (χ2v) is 4.93. The Morgan fingerprint density at radius 1 is 0.591 bits per heavy atom.